The number of carbonyl (C=O) groups is 1. The zero-order chi connectivity index (χ0) is 18.4. The molecule has 1 saturated carbocycles. The smallest absolute Gasteiger partial charge is 0.314 e. The van der Waals surface area contributed by atoms with E-state index in [0.29, 0.717) is 23.2 Å². The molecule has 1 aliphatic carbocycles. The molecule has 140 valence electrons. The van der Waals surface area contributed by atoms with Crippen LogP contribution in [-0.4, -0.2) is 43.7 Å². The van der Waals surface area contributed by atoms with Crippen LogP contribution >= 0.6 is 12.2 Å². The molecule has 0 amide bonds. The number of hydrogen-bond acceptors (Lipinski definition) is 6. The van der Waals surface area contributed by atoms with Crippen molar-refractivity contribution in [2.75, 3.05) is 20.3 Å². The van der Waals surface area contributed by atoms with E-state index in [1.165, 1.54) is 7.11 Å². The largest absolute Gasteiger partial charge is 0.493 e. The molecular formula is C18H23N3O4S. The average molecular weight is 377 g/mol. The lowest BCUT2D eigenvalue weighted by Crippen LogP contribution is -2.37. The molecule has 7 nitrogen and oxygen atoms in total. The Morgan fingerprint density at radius 1 is 1.38 bits per heavy atom. The van der Waals surface area contributed by atoms with E-state index in [4.69, 9.17) is 26.4 Å². The standard InChI is InChI=1S/C18H23N3O4S/c1-23-16-9-12(4-7-15(16)25-17(22)13-5-6-13)10-20-21-18(26)19-11-14-3-2-8-24-14/h4,7,9-10,13-14H,2-3,5-6,8,11H2,1H3,(H2,19,21,26)/b20-10-/t14-/m0/s1. The van der Waals surface area contributed by atoms with E-state index in [-0.39, 0.29) is 18.0 Å². The predicted octanol–water partition coefficient (Wildman–Crippen LogP) is 1.99. The van der Waals surface area contributed by atoms with Crippen molar-refractivity contribution in [1.29, 1.82) is 0 Å². The summed E-state index contributed by atoms with van der Waals surface area (Å²) < 4.78 is 16.2. The second kappa shape index (κ2) is 8.95. The average Bonchev–Trinajstić information content (AvgIpc) is 3.37. The van der Waals surface area contributed by atoms with E-state index in [9.17, 15) is 4.79 Å². The molecule has 3 rings (SSSR count). The molecule has 0 unspecified atom stereocenters. The van der Waals surface area contributed by atoms with Crippen molar-refractivity contribution < 1.29 is 19.0 Å². The molecule has 0 radical (unpaired) electrons. The predicted molar refractivity (Wildman–Crippen MR) is 102 cm³/mol. The molecule has 0 bridgehead atoms. The number of methoxy groups -OCH3 is 1. The first-order chi connectivity index (χ1) is 12.7. The van der Waals surface area contributed by atoms with Crippen LogP contribution in [0.2, 0.25) is 0 Å². The summed E-state index contributed by atoms with van der Waals surface area (Å²) in [7, 11) is 1.53. The van der Waals surface area contributed by atoms with Crippen molar-refractivity contribution in [2.45, 2.75) is 31.8 Å². The van der Waals surface area contributed by atoms with E-state index in [2.05, 4.69) is 15.8 Å². The summed E-state index contributed by atoms with van der Waals surface area (Å²) in [6.45, 7) is 1.49. The summed E-state index contributed by atoms with van der Waals surface area (Å²) in [6.07, 6.45) is 5.79. The summed E-state index contributed by atoms with van der Waals surface area (Å²) in [4.78, 5) is 11.8. The molecule has 8 heteroatoms. The Balaban J connectivity index is 1.49. The number of ether oxygens (including phenoxy) is 3. The van der Waals surface area contributed by atoms with Gasteiger partial charge in [-0.3, -0.25) is 10.2 Å². The van der Waals surface area contributed by atoms with E-state index in [1.54, 1.807) is 24.4 Å². The van der Waals surface area contributed by atoms with Crippen LogP contribution in [0.1, 0.15) is 31.2 Å². The monoisotopic (exact) mass is 377 g/mol. The number of esters is 1. The summed E-state index contributed by atoms with van der Waals surface area (Å²) in [6, 6.07) is 5.25. The summed E-state index contributed by atoms with van der Waals surface area (Å²) >= 11 is 5.18. The number of carbonyl (C=O) groups excluding carboxylic acids is 1. The second-order valence-corrected chi connectivity index (χ2v) is 6.73. The van der Waals surface area contributed by atoms with Gasteiger partial charge in [-0.05, 0) is 61.7 Å². The third-order valence-electron chi connectivity index (χ3n) is 4.20. The first kappa shape index (κ1) is 18.6. The van der Waals surface area contributed by atoms with Gasteiger partial charge in [0, 0.05) is 13.2 Å². The number of benzene rings is 1. The van der Waals surface area contributed by atoms with Crippen LogP contribution in [0.5, 0.6) is 11.5 Å². The lowest BCUT2D eigenvalue weighted by molar-refractivity contribution is -0.135. The molecule has 1 heterocycles. The van der Waals surface area contributed by atoms with Gasteiger partial charge in [0.2, 0.25) is 0 Å². The fourth-order valence-electron chi connectivity index (χ4n) is 2.58. The number of hydrogen-bond donors (Lipinski definition) is 2. The maximum Gasteiger partial charge on any atom is 0.314 e. The zero-order valence-corrected chi connectivity index (χ0v) is 15.5. The quantitative estimate of drug-likeness (QED) is 0.247. The number of thiocarbonyl (C=S) groups is 1. The van der Waals surface area contributed by atoms with Gasteiger partial charge in [0.1, 0.15) is 0 Å². The Hall–Kier alpha value is -2.19. The van der Waals surface area contributed by atoms with Crippen LogP contribution in [-0.2, 0) is 9.53 Å². The highest BCUT2D eigenvalue weighted by Crippen LogP contribution is 2.34. The molecule has 0 aromatic heterocycles. The van der Waals surface area contributed by atoms with Crippen molar-refractivity contribution in [2.24, 2.45) is 11.0 Å². The van der Waals surface area contributed by atoms with Gasteiger partial charge >= 0.3 is 5.97 Å². The zero-order valence-electron chi connectivity index (χ0n) is 14.7. The van der Waals surface area contributed by atoms with Crippen LogP contribution in [0.25, 0.3) is 0 Å². The molecule has 2 fully saturated rings. The Labute approximate surface area is 158 Å². The Morgan fingerprint density at radius 3 is 2.92 bits per heavy atom. The fraction of sp³-hybridized carbons (Fsp3) is 0.500. The second-order valence-electron chi connectivity index (χ2n) is 6.32. The maximum absolute atomic E-state index is 11.8. The van der Waals surface area contributed by atoms with Gasteiger partial charge in [-0.2, -0.15) is 5.10 Å². The molecule has 1 saturated heterocycles. The first-order valence-electron chi connectivity index (χ1n) is 8.74. The third-order valence-corrected chi connectivity index (χ3v) is 4.44. The molecule has 0 spiro atoms. The van der Waals surface area contributed by atoms with Crippen molar-refractivity contribution in [3.8, 4) is 11.5 Å². The van der Waals surface area contributed by atoms with Gasteiger partial charge in [-0.15, -0.1) is 0 Å². The maximum atomic E-state index is 11.8. The molecular weight excluding hydrogens is 354 g/mol. The van der Waals surface area contributed by atoms with Gasteiger partial charge in [0.25, 0.3) is 0 Å². The van der Waals surface area contributed by atoms with Gasteiger partial charge in [0.15, 0.2) is 16.6 Å². The number of nitrogens with zero attached hydrogens (tertiary/aromatic N) is 1. The van der Waals surface area contributed by atoms with Crippen molar-refractivity contribution in [3.63, 3.8) is 0 Å². The number of nitrogens with one attached hydrogen (secondary N) is 2. The van der Waals surface area contributed by atoms with Gasteiger partial charge in [-0.25, -0.2) is 0 Å². The molecule has 1 aliphatic heterocycles. The van der Waals surface area contributed by atoms with E-state index in [0.717, 1.165) is 37.9 Å². The Kier molecular flexibility index (Phi) is 6.40. The highest BCUT2D eigenvalue weighted by molar-refractivity contribution is 7.80. The lowest BCUT2D eigenvalue weighted by atomic mass is 10.2. The van der Waals surface area contributed by atoms with Crippen molar-refractivity contribution >= 4 is 29.5 Å². The summed E-state index contributed by atoms with van der Waals surface area (Å²) in [5, 5.41) is 7.63. The normalized spacial score (nSPS) is 19.3. The lowest BCUT2D eigenvalue weighted by Gasteiger charge is -2.12. The van der Waals surface area contributed by atoms with Crippen LogP contribution in [0, 0.1) is 5.92 Å². The van der Waals surface area contributed by atoms with Crippen LogP contribution in [0.3, 0.4) is 0 Å². The molecule has 26 heavy (non-hydrogen) atoms. The molecule has 1 atom stereocenters. The minimum absolute atomic E-state index is 0.0355. The third kappa shape index (κ3) is 5.40. The Bertz CT molecular complexity index is 685. The summed E-state index contributed by atoms with van der Waals surface area (Å²) in [5.74, 6) is 0.743. The SMILES string of the molecule is COc1cc(/C=N\NC(=S)NC[C@@H]2CCCO2)ccc1OC(=O)C1CC1. The number of hydrazone groups is 1. The van der Waals surface area contributed by atoms with Gasteiger partial charge in [-0.1, -0.05) is 0 Å². The molecule has 1 aromatic carbocycles. The fourth-order valence-corrected chi connectivity index (χ4v) is 2.71. The van der Waals surface area contributed by atoms with Crippen LogP contribution in [0.15, 0.2) is 23.3 Å². The van der Waals surface area contributed by atoms with E-state index >= 15 is 0 Å². The minimum Gasteiger partial charge on any atom is -0.493 e. The van der Waals surface area contributed by atoms with Crippen molar-refractivity contribution in [1.82, 2.24) is 10.7 Å². The van der Waals surface area contributed by atoms with E-state index in [1.807, 2.05) is 0 Å². The van der Waals surface area contributed by atoms with Gasteiger partial charge in [0.05, 0.1) is 25.3 Å². The van der Waals surface area contributed by atoms with E-state index < -0.39 is 0 Å². The highest BCUT2D eigenvalue weighted by Gasteiger charge is 2.32. The minimum atomic E-state index is -0.200. The van der Waals surface area contributed by atoms with Crippen LogP contribution in [0.4, 0.5) is 0 Å². The van der Waals surface area contributed by atoms with Crippen LogP contribution < -0.4 is 20.2 Å². The van der Waals surface area contributed by atoms with Crippen molar-refractivity contribution in [3.05, 3.63) is 23.8 Å². The Morgan fingerprint density at radius 2 is 2.23 bits per heavy atom. The first-order valence-corrected chi connectivity index (χ1v) is 9.15. The topological polar surface area (TPSA) is 81.2 Å². The highest BCUT2D eigenvalue weighted by atomic mass is 32.1. The molecule has 2 N–H and O–H groups in total. The summed E-state index contributed by atoms with van der Waals surface area (Å²) in [5.41, 5.74) is 3.56. The molecule has 1 aromatic rings. The molecule has 2 aliphatic rings. The number of rotatable bonds is 7. The van der Waals surface area contributed by atoms with Gasteiger partial charge < -0.3 is 19.5 Å².